The number of H-pyrrole nitrogens is 1. The number of carbonyl (C=O) groups is 1. The average Bonchev–Trinajstić information content (AvgIpc) is 2.76. The van der Waals surface area contributed by atoms with Crippen LogP contribution >= 0.6 is 11.6 Å². The van der Waals surface area contributed by atoms with E-state index >= 15 is 0 Å². The maximum Gasteiger partial charge on any atom is 0.416 e. The number of hydrogen-bond donors (Lipinski definition) is 1. The standard InChI is InChI=1S/C21H17ClF3N3O3/c22-19-16-10-12(1-3-15(16)20(30)27-26-19)18(29)11-13-9-14(21(23,24)25)2-4-17(13)28-5-7-31-8-6-28/h1-4,9-10H,5-8,11H2,(H,27,30). The molecule has 162 valence electrons. The molecule has 6 nitrogen and oxygen atoms in total. The van der Waals surface area contributed by atoms with Gasteiger partial charge in [0.25, 0.3) is 5.56 Å². The van der Waals surface area contributed by atoms with Gasteiger partial charge >= 0.3 is 6.18 Å². The van der Waals surface area contributed by atoms with Crippen LogP contribution in [0.5, 0.6) is 0 Å². The maximum atomic E-state index is 13.3. The van der Waals surface area contributed by atoms with E-state index in [1.165, 1.54) is 24.3 Å². The molecule has 0 radical (unpaired) electrons. The van der Waals surface area contributed by atoms with E-state index in [0.717, 1.165) is 12.1 Å². The third kappa shape index (κ3) is 4.42. The lowest BCUT2D eigenvalue weighted by Crippen LogP contribution is -2.37. The first-order valence-electron chi connectivity index (χ1n) is 9.48. The molecule has 0 atom stereocenters. The number of benzene rings is 2. The highest BCUT2D eigenvalue weighted by molar-refractivity contribution is 6.34. The van der Waals surface area contributed by atoms with Crippen molar-refractivity contribution in [1.82, 2.24) is 10.2 Å². The van der Waals surface area contributed by atoms with Gasteiger partial charge in [0.05, 0.1) is 24.2 Å². The SMILES string of the molecule is O=C(Cc1cc(C(F)(F)F)ccc1N1CCOCC1)c1ccc2c(=O)[nH]nc(Cl)c2c1. The van der Waals surface area contributed by atoms with E-state index < -0.39 is 23.1 Å². The van der Waals surface area contributed by atoms with Gasteiger partial charge in [-0.05, 0) is 35.9 Å². The fraction of sp³-hybridized carbons (Fsp3) is 0.286. The van der Waals surface area contributed by atoms with Crippen molar-refractivity contribution in [3.05, 3.63) is 68.6 Å². The second-order valence-electron chi connectivity index (χ2n) is 7.14. The number of Topliss-reactive ketones (excluding diaryl/α,β-unsaturated/α-hetero) is 1. The molecule has 0 saturated carbocycles. The summed E-state index contributed by atoms with van der Waals surface area (Å²) in [4.78, 5) is 26.8. The summed E-state index contributed by atoms with van der Waals surface area (Å²) in [7, 11) is 0. The zero-order valence-electron chi connectivity index (χ0n) is 16.1. The molecule has 1 aromatic heterocycles. The van der Waals surface area contributed by atoms with Gasteiger partial charge in [-0.15, -0.1) is 0 Å². The molecule has 1 fully saturated rings. The van der Waals surface area contributed by atoms with Crippen molar-refractivity contribution in [3.63, 3.8) is 0 Å². The first-order chi connectivity index (χ1) is 14.7. The van der Waals surface area contributed by atoms with Crippen LogP contribution in [0.15, 0.2) is 41.2 Å². The monoisotopic (exact) mass is 451 g/mol. The van der Waals surface area contributed by atoms with Gasteiger partial charge in [-0.2, -0.15) is 18.3 Å². The normalized spacial score (nSPS) is 14.8. The van der Waals surface area contributed by atoms with Gasteiger partial charge in [-0.1, -0.05) is 17.7 Å². The Labute approximate surface area is 179 Å². The summed E-state index contributed by atoms with van der Waals surface area (Å²) < 4.78 is 45.2. The van der Waals surface area contributed by atoms with Gasteiger partial charge in [0.2, 0.25) is 0 Å². The molecule has 1 saturated heterocycles. The lowest BCUT2D eigenvalue weighted by atomic mass is 9.97. The fourth-order valence-electron chi connectivity index (χ4n) is 3.60. The van der Waals surface area contributed by atoms with Crippen LogP contribution in [0.3, 0.4) is 0 Å². The summed E-state index contributed by atoms with van der Waals surface area (Å²) in [6.07, 6.45) is -4.76. The third-order valence-corrected chi connectivity index (χ3v) is 5.46. The maximum absolute atomic E-state index is 13.3. The molecule has 4 rings (SSSR count). The van der Waals surface area contributed by atoms with Crippen LogP contribution in [0, 0.1) is 0 Å². The molecule has 1 aliphatic heterocycles. The van der Waals surface area contributed by atoms with Crippen LogP contribution in [0.25, 0.3) is 10.8 Å². The summed E-state index contributed by atoms with van der Waals surface area (Å²) in [5, 5.41) is 6.52. The first-order valence-corrected chi connectivity index (χ1v) is 9.86. The Hall–Kier alpha value is -2.91. The van der Waals surface area contributed by atoms with Crippen LogP contribution in [0.1, 0.15) is 21.5 Å². The number of hydrogen-bond acceptors (Lipinski definition) is 5. The Morgan fingerprint density at radius 3 is 2.58 bits per heavy atom. The number of halogens is 4. The zero-order chi connectivity index (χ0) is 22.2. The predicted molar refractivity (Wildman–Crippen MR) is 110 cm³/mol. The fourth-order valence-corrected chi connectivity index (χ4v) is 3.80. The summed E-state index contributed by atoms with van der Waals surface area (Å²) in [5.74, 6) is -0.396. The number of anilines is 1. The van der Waals surface area contributed by atoms with E-state index in [0.29, 0.717) is 37.4 Å². The van der Waals surface area contributed by atoms with Crippen molar-refractivity contribution in [2.75, 3.05) is 31.2 Å². The van der Waals surface area contributed by atoms with Gasteiger partial charge < -0.3 is 9.64 Å². The number of morpholine rings is 1. The Morgan fingerprint density at radius 1 is 1.13 bits per heavy atom. The highest BCUT2D eigenvalue weighted by Gasteiger charge is 2.32. The molecule has 0 amide bonds. The first kappa shape index (κ1) is 21.3. The number of rotatable bonds is 4. The largest absolute Gasteiger partial charge is 0.416 e. The van der Waals surface area contributed by atoms with Crippen LogP contribution in [-0.4, -0.2) is 42.3 Å². The lowest BCUT2D eigenvalue weighted by molar-refractivity contribution is -0.137. The minimum absolute atomic E-state index is 0.0253. The molecule has 0 unspecified atom stereocenters. The summed E-state index contributed by atoms with van der Waals surface area (Å²) in [6, 6.07) is 7.78. The Kier molecular flexibility index (Phi) is 5.72. The highest BCUT2D eigenvalue weighted by atomic mass is 35.5. The van der Waals surface area contributed by atoms with Crippen LogP contribution in [-0.2, 0) is 17.3 Å². The zero-order valence-corrected chi connectivity index (χ0v) is 16.9. The van der Waals surface area contributed by atoms with Gasteiger partial charge in [-0.25, -0.2) is 5.10 Å². The van der Waals surface area contributed by atoms with E-state index in [2.05, 4.69) is 10.2 Å². The second kappa shape index (κ2) is 8.32. The summed E-state index contributed by atoms with van der Waals surface area (Å²) in [6.45, 7) is 1.96. The van der Waals surface area contributed by atoms with Crippen LogP contribution < -0.4 is 10.5 Å². The number of fused-ring (bicyclic) bond motifs is 1. The molecule has 0 aliphatic carbocycles. The van der Waals surface area contributed by atoms with Crippen molar-refractivity contribution in [2.24, 2.45) is 0 Å². The molecular formula is C21H17ClF3N3O3. The van der Waals surface area contributed by atoms with Gasteiger partial charge in [0.1, 0.15) is 0 Å². The van der Waals surface area contributed by atoms with Gasteiger partial charge in [0.15, 0.2) is 10.9 Å². The minimum atomic E-state index is -4.52. The van der Waals surface area contributed by atoms with Crippen molar-refractivity contribution in [1.29, 1.82) is 0 Å². The quantitative estimate of drug-likeness (QED) is 0.610. The average molecular weight is 452 g/mol. The van der Waals surface area contributed by atoms with E-state index in [1.807, 2.05) is 4.90 Å². The smallest absolute Gasteiger partial charge is 0.378 e. The summed E-state index contributed by atoms with van der Waals surface area (Å²) in [5.41, 5.74) is -0.193. The van der Waals surface area contributed by atoms with Crippen molar-refractivity contribution in [2.45, 2.75) is 12.6 Å². The molecule has 2 aromatic carbocycles. The molecule has 1 N–H and O–H groups in total. The van der Waals surface area contributed by atoms with Crippen molar-refractivity contribution < 1.29 is 22.7 Å². The highest BCUT2D eigenvalue weighted by Crippen LogP contribution is 2.34. The number of aromatic amines is 1. The molecule has 0 bridgehead atoms. The number of nitrogens with zero attached hydrogens (tertiary/aromatic N) is 2. The van der Waals surface area contributed by atoms with Crippen LogP contribution in [0.2, 0.25) is 5.15 Å². The Morgan fingerprint density at radius 2 is 1.87 bits per heavy atom. The van der Waals surface area contributed by atoms with Crippen LogP contribution in [0.4, 0.5) is 18.9 Å². The minimum Gasteiger partial charge on any atom is -0.378 e. The van der Waals surface area contributed by atoms with E-state index in [-0.39, 0.29) is 28.1 Å². The number of carbonyl (C=O) groups excluding carboxylic acids is 1. The topological polar surface area (TPSA) is 75.3 Å². The Bertz CT molecular complexity index is 1200. The Balaban J connectivity index is 1.71. The van der Waals surface area contributed by atoms with Crippen molar-refractivity contribution in [3.8, 4) is 0 Å². The van der Waals surface area contributed by atoms with Crippen molar-refractivity contribution >= 4 is 33.8 Å². The predicted octanol–water partition coefficient (Wildman–Crippen LogP) is 3.86. The molecule has 0 spiro atoms. The van der Waals surface area contributed by atoms with E-state index in [9.17, 15) is 22.8 Å². The molecular weight excluding hydrogens is 435 g/mol. The van der Waals surface area contributed by atoms with E-state index in [4.69, 9.17) is 16.3 Å². The van der Waals surface area contributed by atoms with Gasteiger partial charge in [0, 0.05) is 36.1 Å². The molecule has 2 heterocycles. The molecule has 3 aromatic rings. The lowest BCUT2D eigenvalue weighted by Gasteiger charge is -2.31. The second-order valence-corrected chi connectivity index (χ2v) is 7.50. The number of ether oxygens (including phenoxy) is 1. The molecule has 31 heavy (non-hydrogen) atoms. The number of alkyl halides is 3. The third-order valence-electron chi connectivity index (χ3n) is 5.17. The number of nitrogens with one attached hydrogen (secondary N) is 1. The number of ketones is 1. The molecule has 1 aliphatic rings. The van der Waals surface area contributed by atoms with Gasteiger partial charge in [-0.3, -0.25) is 9.59 Å². The number of aromatic nitrogens is 2. The molecule has 10 heteroatoms. The summed E-state index contributed by atoms with van der Waals surface area (Å²) >= 11 is 6.03. The van der Waals surface area contributed by atoms with E-state index in [1.54, 1.807) is 0 Å².